The van der Waals surface area contributed by atoms with Gasteiger partial charge in [0.15, 0.2) is 8.32 Å². The summed E-state index contributed by atoms with van der Waals surface area (Å²) in [5.41, 5.74) is 6.54. The Morgan fingerprint density at radius 2 is 1.71 bits per heavy atom. The summed E-state index contributed by atoms with van der Waals surface area (Å²) in [7, 11) is -1.42. The summed E-state index contributed by atoms with van der Waals surface area (Å²) < 4.78 is 6.20. The highest BCUT2D eigenvalue weighted by atomic mass is 28.4. The molecule has 84 valence electrons. The average molecular weight is 215 g/mol. The Hall–Kier alpha value is 0.137. The third-order valence-corrected chi connectivity index (χ3v) is 7.46. The maximum atomic E-state index is 6.20. The van der Waals surface area contributed by atoms with Crippen LogP contribution in [0.5, 0.6) is 0 Å². The smallest absolute Gasteiger partial charge is 0.189 e. The zero-order valence-electron chi connectivity index (χ0n) is 10.2. The van der Waals surface area contributed by atoms with Crippen molar-refractivity contribution in [2.24, 2.45) is 11.7 Å². The van der Waals surface area contributed by atoms with E-state index in [9.17, 15) is 0 Å². The first-order valence-electron chi connectivity index (χ1n) is 5.76. The molecule has 0 radical (unpaired) electrons. The molecule has 1 saturated carbocycles. The molecule has 0 heterocycles. The second-order valence-corrected chi connectivity index (χ2v) is 10.2. The van der Waals surface area contributed by atoms with E-state index in [1.807, 2.05) is 0 Å². The molecule has 0 aliphatic heterocycles. The van der Waals surface area contributed by atoms with Gasteiger partial charge in [0.05, 0.1) is 0 Å². The van der Waals surface area contributed by atoms with E-state index in [4.69, 9.17) is 10.2 Å². The second-order valence-electron chi connectivity index (χ2n) is 5.59. The van der Waals surface area contributed by atoms with Crippen molar-refractivity contribution in [2.45, 2.75) is 64.4 Å². The summed E-state index contributed by atoms with van der Waals surface area (Å²) in [5.74, 6) is 0.706. The summed E-state index contributed by atoms with van der Waals surface area (Å²) in [4.78, 5) is 0. The molecule has 0 aromatic rings. The van der Waals surface area contributed by atoms with Crippen molar-refractivity contribution in [1.29, 1.82) is 0 Å². The van der Waals surface area contributed by atoms with Crippen LogP contribution in [0, 0.1) is 5.92 Å². The number of rotatable bonds is 4. The van der Waals surface area contributed by atoms with Gasteiger partial charge in [-0.05, 0) is 44.3 Å². The summed E-state index contributed by atoms with van der Waals surface area (Å²) in [6.45, 7) is 11.3. The van der Waals surface area contributed by atoms with Gasteiger partial charge in [-0.15, -0.1) is 0 Å². The zero-order valence-corrected chi connectivity index (χ0v) is 11.2. The minimum absolute atomic E-state index is 0.346. The van der Waals surface area contributed by atoms with Crippen molar-refractivity contribution < 1.29 is 4.43 Å². The van der Waals surface area contributed by atoms with Gasteiger partial charge in [0.2, 0.25) is 0 Å². The quantitative estimate of drug-likeness (QED) is 0.732. The average Bonchev–Trinajstić information content (AvgIpc) is 1.94. The van der Waals surface area contributed by atoms with Crippen LogP contribution in [0.1, 0.15) is 33.6 Å². The van der Waals surface area contributed by atoms with Gasteiger partial charge in [-0.25, -0.2) is 0 Å². The van der Waals surface area contributed by atoms with Crippen molar-refractivity contribution in [3.63, 3.8) is 0 Å². The van der Waals surface area contributed by atoms with Crippen LogP contribution in [0.25, 0.3) is 0 Å². The molecule has 0 aromatic carbocycles. The van der Waals surface area contributed by atoms with Crippen LogP contribution in [0.2, 0.25) is 18.6 Å². The molecule has 0 bridgehead atoms. The Morgan fingerprint density at radius 3 is 2.07 bits per heavy atom. The topological polar surface area (TPSA) is 35.2 Å². The zero-order chi connectivity index (χ0) is 10.9. The summed E-state index contributed by atoms with van der Waals surface area (Å²) in [6, 6.07) is 0.346. The van der Waals surface area contributed by atoms with E-state index in [2.05, 4.69) is 33.9 Å². The predicted molar refractivity (Wildman–Crippen MR) is 63.8 cm³/mol. The third-order valence-electron chi connectivity index (χ3n) is 3.74. The molecule has 0 saturated heterocycles. The molecule has 0 aromatic heterocycles. The first kappa shape index (κ1) is 12.2. The Bertz CT molecular complexity index is 186. The van der Waals surface area contributed by atoms with Gasteiger partial charge in [0.25, 0.3) is 0 Å². The Morgan fingerprint density at radius 1 is 1.21 bits per heavy atom. The highest BCUT2D eigenvalue weighted by Gasteiger charge is 2.38. The van der Waals surface area contributed by atoms with Crippen LogP contribution in [0.15, 0.2) is 0 Å². The van der Waals surface area contributed by atoms with Crippen molar-refractivity contribution >= 4 is 8.32 Å². The normalized spacial score (nSPS) is 30.2. The van der Waals surface area contributed by atoms with E-state index in [0.717, 1.165) is 0 Å². The molecule has 1 unspecified atom stereocenters. The van der Waals surface area contributed by atoms with E-state index in [0.29, 0.717) is 23.6 Å². The molecule has 0 spiro atoms. The lowest BCUT2D eigenvalue weighted by molar-refractivity contribution is 0.0459. The van der Waals surface area contributed by atoms with Gasteiger partial charge in [0.1, 0.15) is 0 Å². The molecule has 2 nitrogen and oxygen atoms in total. The number of hydrogen-bond donors (Lipinski definition) is 1. The largest absolute Gasteiger partial charge is 0.414 e. The second kappa shape index (κ2) is 4.33. The molecule has 1 aliphatic rings. The van der Waals surface area contributed by atoms with E-state index >= 15 is 0 Å². The van der Waals surface area contributed by atoms with E-state index < -0.39 is 8.32 Å². The van der Waals surface area contributed by atoms with Crippen molar-refractivity contribution in [3.05, 3.63) is 0 Å². The Labute approximate surface area is 89.3 Å². The van der Waals surface area contributed by atoms with Crippen molar-refractivity contribution in [3.8, 4) is 0 Å². The van der Waals surface area contributed by atoms with Gasteiger partial charge in [-0.3, -0.25) is 0 Å². The monoisotopic (exact) mass is 215 g/mol. The number of nitrogens with two attached hydrogens (primary N) is 1. The highest BCUT2D eigenvalue weighted by Crippen LogP contribution is 2.36. The van der Waals surface area contributed by atoms with E-state index in [1.54, 1.807) is 0 Å². The van der Waals surface area contributed by atoms with Gasteiger partial charge in [0, 0.05) is 12.1 Å². The molecule has 1 aliphatic carbocycles. The molecular weight excluding hydrogens is 190 g/mol. The van der Waals surface area contributed by atoms with Crippen LogP contribution in [0.4, 0.5) is 0 Å². The van der Waals surface area contributed by atoms with Crippen LogP contribution in [-0.4, -0.2) is 20.5 Å². The molecule has 14 heavy (non-hydrogen) atoms. The fraction of sp³-hybridized carbons (Fsp3) is 1.00. The van der Waals surface area contributed by atoms with Crippen LogP contribution < -0.4 is 5.73 Å². The maximum absolute atomic E-state index is 6.20. The fourth-order valence-electron chi connectivity index (χ4n) is 1.70. The van der Waals surface area contributed by atoms with Crippen LogP contribution in [0.3, 0.4) is 0 Å². The SMILES string of the molecule is CC(N)C1CC(O[Si](C)(C)C(C)C)C1. The minimum atomic E-state index is -1.42. The molecule has 1 atom stereocenters. The molecular formula is C11H25NOSi. The van der Waals surface area contributed by atoms with Gasteiger partial charge >= 0.3 is 0 Å². The van der Waals surface area contributed by atoms with Crippen LogP contribution in [-0.2, 0) is 4.43 Å². The minimum Gasteiger partial charge on any atom is -0.414 e. The standard InChI is InChI=1S/C11H25NOSi/c1-8(2)14(4,5)13-11-6-10(7-11)9(3)12/h8-11H,6-7,12H2,1-5H3. The summed E-state index contributed by atoms with van der Waals surface area (Å²) >= 11 is 0. The van der Waals surface area contributed by atoms with Gasteiger partial charge in [-0.1, -0.05) is 13.8 Å². The van der Waals surface area contributed by atoms with Crippen molar-refractivity contribution in [2.75, 3.05) is 0 Å². The summed E-state index contributed by atoms with van der Waals surface area (Å²) in [5, 5.41) is 0. The van der Waals surface area contributed by atoms with Crippen molar-refractivity contribution in [1.82, 2.24) is 0 Å². The predicted octanol–water partition coefficient (Wildman–Crippen LogP) is 2.74. The molecule has 0 amide bonds. The first-order chi connectivity index (χ1) is 6.33. The molecule has 1 fully saturated rings. The molecule has 3 heteroatoms. The first-order valence-corrected chi connectivity index (χ1v) is 8.75. The van der Waals surface area contributed by atoms with Gasteiger partial charge < -0.3 is 10.2 Å². The molecule has 1 rings (SSSR count). The Balaban J connectivity index is 2.29. The molecule has 2 N–H and O–H groups in total. The number of hydrogen-bond acceptors (Lipinski definition) is 2. The van der Waals surface area contributed by atoms with Gasteiger partial charge in [-0.2, -0.15) is 0 Å². The summed E-state index contributed by atoms with van der Waals surface area (Å²) in [6.07, 6.45) is 2.87. The van der Waals surface area contributed by atoms with E-state index in [-0.39, 0.29) is 0 Å². The lowest BCUT2D eigenvalue weighted by Gasteiger charge is -2.42. The lowest BCUT2D eigenvalue weighted by Crippen LogP contribution is -2.47. The fourth-order valence-corrected chi connectivity index (χ4v) is 3.02. The lowest BCUT2D eigenvalue weighted by atomic mass is 9.78. The maximum Gasteiger partial charge on any atom is 0.189 e. The Kier molecular flexibility index (Phi) is 3.78. The van der Waals surface area contributed by atoms with E-state index in [1.165, 1.54) is 12.8 Å². The highest BCUT2D eigenvalue weighted by molar-refractivity contribution is 6.72. The van der Waals surface area contributed by atoms with Crippen LogP contribution >= 0.6 is 0 Å². The third kappa shape index (κ3) is 2.81.